The van der Waals surface area contributed by atoms with Crippen molar-refractivity contribution in [3.8, 4) is 0 Å². The summed E-state index contributed by atoms with van der Waals surface area (Å²) in [6, 6.07) is -0.0132. The number of rotatable bonds is 6. The van der Waals surface area contributed by atoms with Crippen LogP contribution in [0.25, 0.3) is 0 Å². The Morgan fingerprint density at radius 2 is 2.22 bits per heavy atom. The molecule has 1 heterocycles. The van der Waals surface area contributed by atoms with Crippen LogP contribution in [-0.4, -0.2) is 63.9 Å². The number of carbonyl (C=O) groups is 1. The van der Waals surface area contributed by atoms with E-state index in [1.165, 1.54) is 0 Å². The lowest BCUT2D eigenvalue weighted by atomic mass is 10.3. The van der Waals surface area contributed by atoms with Gasteiger partial charge in [-0.15, -0.1) is 0 Å². The van der Waals surface area contributed by atoms with Crippen molar-refractivity contribution >= 4 is 5.91 Å². The molecule has 1 unspecified atom stereocenters. The van der Waals surface area contributed by atoms with Crippen molar-refractivity contribution in [1.29, 1.82) is 0 Å². The Kier molecular flexibility index (Phi) is 5.30. The molecule has 1 amide bonds. The van der Waals surface area contributed by atoms with Gasteiger partial charge in [-0.1, -0.05) is 0 Å². The first-order valence-corrected chi connectivity index (χ1v) is 5.96. The lowest BCUT2D eigenvalue weighted by Crippen LogP contribution is -2.41. The largest absolute Gasteiger partial charge is 0.395 e. The maximum atomic E-state index is 12.0. The molecule has 0 aliphatic carbocycles. The molecule has 1 aromatic rings. The van der Waals surface area contributed by atoms with Crippen molar-refractivity contribution in [1.82, 2.24) is 19.6 Å². The van der Waals surface area contributed by atoms with E-state index in [9.17, 15) is 4.79 Å². The number of carbonyl (C=O) groups excluding carboxylic acids is 1. The number of nitrogens with zero attached hydrogens (tertiary/aromatic N) is 4. The van der Waals surface area contributed by atoms with Gasteiger partial charge >= 0.3 is 0 Å². The number of aliphatic hydroxyl groups is 1. The molecule has 0 saturated heterocycles. The summed E-state index contributed by atoms with van der Waals surface area (Å²) in [5, 5.41) is 13.1. The highest BCUT2D eigenvalue weighted by Crippen LogP contribution is 2.03. The van der Waals surface area contributed by atoms with Gasteiger partial charge in [0.15, 0.2) is 0 Å². The smallest absolute Gasteiger partial charge is 0.236 e. The average molecular weight is 254 g/mol. The van der Waals surface area contributed by atoms with Crippen molar-refractivity contribution < 1.29 is 9.90 Å². The van der Waals surface area contributed by atoms with Crippen molar-refractivity contribution in [3.05, 3.63) is 18.0 Å². The summed E-state index contributed by atoms with van der Waals surface area (Å²) in [4.78, 5) is 15.5. The van der Waals surface area contributed by atoms with Gasteiger partial charge in [-0.25, -0.2) is 0 Å². The third-order valence-corrected chi connectivity index (χ3v) is 3.01. The summed E-state index contributed by atoms with van der Waals surface area (Å²) in [5.74, 6) is 0.0293. The number of aromatic nitrogens is 2. The standard InChI is InChI=1S/C12H22N4O2/c1-10(9-17)14(2)8-12(18)15(3)6-11-5-13-16(4)7-11/h5,7,10,17H,6,8-9H2,1-4H3. The molecule has 0 aliphatic rings. The third-order valence-electron chi connectivity index (χ3n) is 3.01. The first kappa shape index (κ1) is 14.7. The number of hydrogen-bond acceptors (Lipinski definition) is 4. The van der Waals surface area contributed by atoms with E-state index in [1.54, 1.807) is 22.8 Å². The molecule has 6 nitrogen and oxygen atoms in total. The van der Waals surface area contributed by atoms with Crippen LogP contribution < -0.4 is 0 Å². The topological polar surface area (TPSA) is 61.6 Å². The Hall–Kier alpha value is -1.40. The summed E-state index contributed by atoms with van der Waals surface area (Å²) < 4.78 is 1.72. The quantitative estimate of drug-likeness (QED) is 0.756. The summed E-state index contributed by atoms with van der Waals surface area (Å²) in [5.41, 5.74) is 1.01. The van der Waals surface area contributed by atoms with Gasteiger partial charge in [-0.05, 0) is 14.0 Å². The van der Waals surface area contributed by atoms with E-state index in [4.69, 9.17) is 5.11 Å². The number of aliphatic hydroxyl groups excluding tert-OH is 1. The highest BCUT2D eigenvalue weighted by molar-refractivity contribution is 5.77. The molecule has 1 atom stereocenters. The number of hydrogen-bond donors (Lipinski definition) is 1. The second-order valence-electron chi connectivity index (χ2n) is 4.72. The average Bonchev–Trinajstić information content (AvgIpc) is 2.73. The van der Waals surface area contributed by atoms with Crippen LogP contribution in [0, 0.1) is 0 Å². The molecule has 0 radical (unpaired) electrons. The van der Waals surface area contributed by atoms with Crippen LogP contribution in [0.15, 0.2) is 12.4 Å². The molecule has 0 saturated carbocycles. The minimum atomic E-state index is -0.0132. The molecular formula is C12H22N4O2. The van der Waals surface area contributed by atoms with Gasteiger partial charge in [0.2, 0.25) is 5.91 Å². The van der Waals surface area contributed by atoms with E-state index in [0.717, 1.165) is 5.56 Å². The van der Waals surface area contributed by atoms with Crippen molar-refractivity contribution in [3.63, 3.8) is 0 Å². The van der Waals surface area contributed by atoms with Crippen LogP contribution in [0.2, 0.25) is 0 Å². The maximum absolute atomic E-state index is 12.0. The first-order valence-electron chi connectivity index (χ1n) is 5.96. The van der Waals surface area contributed by atoms with Gasteiger partial charge in [0.05, 0.1) is 19.3 Å². The van der Waals surface area contributed by atoms with E-state index in [0.29, 0.717) is 13.1 Å². The van der Waals surface area contributed by atoms with Crippen LogP contribution >= 0.6 is 0 Å². The molecule has 0 bridgehead atoms. The molecule has 0 fully saturated rings. The Balaban J connectivity index is 2.46. The molecule has 0 spiro atoms. The predicted octanol–water partition coefficient (Wildman–Crippen LogP) is -0.309. The molecule has 0 aromatic carbocycles. The van der Waals surface area contributed by atoms with Crippen LogP contribution in [0.3, 0.4) is 0 Å². The molecular weight excluding hydrogens is 232 g/mol. The third kappa shape index (κ3) is 4.12. The summed E-state index contributed by atoms with van der Waals surface area (Å²) in [7, 11) is 5.45. The zero-order valence-corrected chi connectivity index (χ0v) is 11.5. The van der Waals surface area contributed by atoms with Crippen molar-refractivity contribution in [2.24, 2.45) is 7.05 Å². The van der Waals surface area contributed by atoms with Crippen molar-refractivity contribution in [2.45, 2.75) is 19.5 Å². The monoisotopic (exact) mass is 254 g/mol. The first-order chi connectivity index (χ1) is 8.43. The second kappa shape index (κ2) is 6.51. The van der Waals surface area contributed by atoms with Gasteiger partial charge in [0, 0.05) is 38.4 Å². The Labute approximate surface area is 108 Å². The highest BCUT2D eigenvalue weighted by atomic mass is 16.3. The van der Waals surface area contributed by atoms with Crippen LogP contribution in [-0.2, 0) is 18.4 Å². The van der Waals surface area contributed by atoms with E-state index in [-0.39, 0.29) is 18.6 Å². The Morgan fingerprint density at radius 3 is 2.72 bits per heavy atom. The summed E-state index contributed by atoms with van der Waals surface area (Å²) in [6.07, 6.45) is 3.65. The minimum Gasteiger partial charge on any atom is -0.395 e. The molecule has 1 N–H and O–H groups in total. The molecule has 6 heteroatoms. The fourth-order valence-corrected chi connectivity index (χ4v) is 1.54. The van der Waals surface area contributed by atoms with E-state index in [1.807, 2.05) is 32.1 Å². The molecule has 0 aliphatic heterocycles. The molecule has 18 heavy (non-hydrogen) atoms. The van der Waals surface area contributed by atoms with Gasteiger partial charge in [-0.2, -0.15) is 5.10 Å². The zero-order valence-electron chi connectivity index (χ0n) is 11.5. The van der Waals surface area contributed by atoms with Gasteiger partial charge in [-0.3, -0.25) is 14.4 Å². The fraction of sp³-hybridized carbons (Fsp3) is 0.667. The van der Waals surface area contributed by atoms with E-state index < -0.39 is 0 Å². The molecule has 1 aromatic heterocycles. The Morgan fingerprint density at radius 1 is 1.56 bits per heavy atom. The number of likely N-dealkylation sites (N-methyl/N-ethyl adjacent to an activating group) is 2. The number of amides is 1. The minimum absolute atomic E-state index is 0.0132. The van der Waals surface area contributed by atoms with Gasteiger partial charge in [0.1, 0.15) is 0 Å². The van der Waals surface area contributed by atoms with Crippen LogP contribution in [0.5, 0.6) is 0 Å². The molecule has 102 valence electrons. The highest BCUT2D eigenvalue weighted by Gasteiger charge is 2.15. The lowest BCUT2D eigenvalue weighted by molar-refractivity contribution is -0.131. The fourth-order valence-electron chi connectivity index (χ4n) is 1.54. The van der Waals surface area contributed by atoms with Gasteiger partial charge < -0.3 is 10.0 Å². The SMILES string of the molecule is CC(CO)N(C)CC(=O)N(C)Cc1cnn(C)c1. The van der Waals surface area contributed by atoms with Crippen LogP contribution in [0.4, 0.5) is 0 Å². The molecule has 1 rings (SSSR count). The van der Waals surface area contributed by atoms with E-state index in [2.05, 4.69) is 5.10 Å². The van der Waals surface area contributed by atoms with Crippen LogP contribution in [0.1, 0.15) is 12.5 Å². The summed E-state index contributed by atoms with van der Waals surface area (Å²) >= 11 is 0. The Bertz CT molecular complexity index is 391. The van der Waals surface area contributed by atoms with E-state index >= 15 is 0 Å². The predicted molar refractivity (Wildman–Crippen MR) is 68.9 cm³/mol. The second-order valence-corrected chi connectivity index (χ2v) is 4.72. The van der Waals surface area contributed by atoms with Crippen molar-refractivity contribution in [2.75, 3.05) is 27.2 Å². The number of aryl methyl sites for hydroxylation is 1. The summed E-state index contributed by atoms with van der Waals surface area (Å²) in [6.45, 7) is 2.79. The lowest BCUT2D eigenvalue weighted by Gasteiger charge is -2.25. The maximum Gasteiger partial charge on any atom is 0.236 e. The van der Waals surface area contributed by atoms with Gasteiger partial charge in [0.25, 0.3) is 0 Å². The zero-order chi connectivity index (χ0) is 13.7. The normalized spacial score (nSPS) is 12.8.